The van der Waals surface area contributed by atoms with Gasteiger partial charge in [-0.05, 0) is 61.0 Å². The summed E-state index contributed by atoms with van der Waals surface area (Å²) in [6.45, 7) is 3.90. The van der Waals surface area contributed by atoms with Crippen LogP contribution in [0.5, 0.6) is 0 Å². The normalized spacial score (nSPS) is 15.8. The van der Waals surface area contributed by atoms with Gasteiger partial charge in [-0.3, -0.25) is 19.7 Å². The average Bonchev–Trinajstić information content (AvgIpc) is 3.40. The third-order valence-electron chi connectivity index (χ3n) is 6.23. The first-order valence-corrected chi connectivity index (χ1v) is 11.8. The molecule has 1 aliphatic heterocycles. The molecular weight excluding hydrogens is 455 g/mol. The Hall–Kier alpha value is -4.26. The van der Waals surface area contributed by atoms with Crippen molar-refractivity contribution in [3.05, 3.63) is 113 Å². The lowest BCUT2D eigenvalue weighted by Crippen LogP contribution is -2.09. The second-order valence-electron chi connectivity index (χ2n) is 9.04. The third kappa shape index (κ3) is 5.20. The number of aryl methyl sites for hydroxylation is 1. The second-order valence-corrected chi connectivity index (χ2v) is 9.04. The van der Waals surface area contributed by atoms with Crippen LogP contribution >= 0.6 is 0 Å². The first-order chi connectivity index (χ1) is 17.5. The summed E-state index contributed by atoms with van der Waals surface area (Å²) in [4.78, 5) is 32.1. The van der Waals surface area contributed by atoms with E-state index in [2.05, 4.69) is 20.1 Å². The van der Waals surface area contributed by atoms with Gasteiger partial charge in [0.2, 0.25) is 0 Å². The molecule has 36 heavy (non-hydrogen) atoms. The van der Waals surface area contributed by atoms with E-state index in [-0.39, 0.29) is 24.2 Å². The van der Waals surface area contributed by atoms with Crippen molar-refractivity contribution in [3.63, 3.8) is 0 Å². The highest BCUT2D eigenvalue weighted by Crippen LogP contribution is 2.31. The number of ketones is 1. The highest BCUT2D eigenvalue weighted by atomic mass is 19.1. The van der Waals surface area contributed by atoms with Crippen molar-refractivity contribution >= 4 is 11.5 Å². The number of hydrogen-bond acceptors (Lipinski definition) is 6. The summed E-state index contributed by atoms with van der Waals surface area (Å²) in [7, 11) is 0. The molecule has 1 aromatic carbocycles. The van der Waals surface area contributed by atoms with Crippen molar-refractivity contribution in [2.24, 2.45) is 5.16 Å². The topological polar surface area (TPSA) is 77.3 Å². The molecule has 0 spiro atoms. The van der Waals surface area contributed by atoms with Gasteiger partial charge in [0.15, 0.2) is 11.9 Å². The van der Waals surface area contributed by atoms with Crippen LogP contribution in [0, 0.1) is 12.7 Å². The van der Waals surface area contributed by atoms with Gasteiger partial charge in [-0.1, -0.05) is 24.2 Å². The number of rotatable bonds is 7. The molecule has 0 radical (unpaired) electrons. The summed E-state index contributed by atoms with van der Waals surface area (Å²) in [5, 5.41) is 4.33. The summed E-state index contributed by atoms with van der Waals surface area (Å²) >= 11 is 0. The Labute approximate surface area is 208 Å². The van der Waals surface area contributed by atoms with Gasteiger partial charge in [-0.2, -0.15) is 0 Å². The van der Waals surface area contributed by atoms with Crippen LogP contribution in [-0.4, -0.2) is 26.4 Å². The van der Waals surface area contributed by atoms with Crippen LogP contribution in [0.15, 0.2) is 84.4 Å². The standard InChI is InChI=1S/C29H25FN4O2/c1-18-6-8-25(32-16-18)20-12-21(27-15-29(36-34-27)26-5-3-4-10-31-26)14-22(13-20)28(35)11-19(2)24-9-7-23(30)17-33-24/h3-10,12-14,16-17,19,29H,11,15H2,1-2H3/t19-,29-/m0/s1. The molecule has 0 bridgehead atoms. The zero-order valence-corrected chi connectivity index (χ0v) is 20.1. The summed E-state index contributed by atoms with van der Waals surface area (Å²) in [5.41, 5.74) is 6.25. The molecule has 0 saturated heterocycles. The zero-order valence-electron chi connectivity index (χ0n) is 20.1. The number of aromatic nitrogens is 3. The van der Waals surface area contributed by atoms with Gasteiger partial charge < -0.3 is 4.84 Å². The van der Waals surface area contributed by atoms with Crippen LogP contribution in [0.2, 0.25) is 0 Å². The lowest BCUT2D eigenvalue weighted by atomic mass is 9.92. The molecule has 7 heteroatoms. The molecule has 0 aliphatic carbocycles. The van der Waals surface area contributed by atoms with Gasteiger partial charge in [-0.15, -0.1) is 0 Å². The van der Waals surface area contributed by atoms with Crippen LogP contribution in [-0.2, 0) is 4.84 Å². The van der Waals surface area contributed by atoms with Gasteiger partial charge in [-0.25, -0.2) is 4.39 Å². The van der Waals surface area contributed by atoms with Crippen molar-refractivity contribution in [3.8, 4) is 11.3 Å². The number of halogens is 1. The lowest BCUT2D eigenvalue weighted by Gasteiger charge is -2.13. The number of Topliss-reactive ketones (excluding diaryl/α,β-unsaturated/α-hetero) is 1. The van der Waals surface area contributed by atoms with Gasteiger partial charge in [0.05, 0.1) is 23.3 Å². The number of carbonyl (C=O) groups excluding carboxylic acids is 1. The summed E-state index contributed by atoms with van der Waals surface area (Å²) in [6, 6.07) is 18.3. The largest absolute Gasteiger partial charge is 0.385 e. The second kappa shape index (κ2) is 10.2. The van der Waals surface area contributed by atoms with Crippen molar-refractivity contribution in [2.45, 2.75) is 38.7 Å². The number of pyridine rings is 3. The molecule has 6 nitrogen and oxygen atoms in total. The Kier molecular flexibility index (Phi) is 6.62. The minimum atomic E-state index is -0.399. The molecule has 0 N–H and O–H groups in total. The predicted molar refractivity (Wildman–Crippen MR) is 135 cm³/mol. The minimum absolute atomic E-state index is 0.0374. The van der Waals surface area contributed by atoms with Crippen LogP contribution in [0.1, 0.15) is 64.7 Å². The maximum atomic E-state index is 13.4. The highest BCUT2D eigenvalue weighted by Gasteiger charge is 2.26. The lowest BCUT2D eigenvalue weighted by molar-refractivity contribution is 0.0826. The van der Waals surface area contributed by atoms with Gasteiger partial charge in [0.25, 0.3) is 0 Å². The fourth-order valence-corrected chi connectivity index (χ4v) is 4.19. The van der Waals surface area contributed by atoms with Crippen LogP contribution in [0.3, 0.4) is 0 Å². The predicted octanol–water partition coefficient (Wildman–Crippen LogP) is 6.23. The molecule has 5 rings (SSSR count). The molecule has 4 aromatic rings. The molecule has 180 valence electrons. The summed E-state index contributed by atoms with van der Waals surface area (Å²) < 4.78 is 13.3. The minimum Gasteiger partial charge on any atom is -0.385 e. The van der Waals surface area contributed by atoms with Crippen molar-refractivity contribution in [1.29, 1.82) is 0 Å². The first-order valence-electron chi connectivity index (χ1n) is 11.8. The average molecular weight is 481 g/mol. The number of benzene rings is 1. The quantitative estimate of drug-likeness (QED) is 0.293. The Morgan fingerprint density at radius 2 is 1.89 bits per heavy atom. The van der Waals surface area contributed by atoms with Gasteiger partial charge in [0.1, 0.15) is 5.82 Å². The van der Waals surface area contributed by atoms with Crippen molar-refractivity contribution in [1.82, 2.24) is 15.0 Å². The van der Waals surface area contributed by atoms with E-state index in [4.69, 9.17) is 4.84 Å². The molecule has 4 heterocycles. The SMILES string of the molecule is Cc1ccc(-c2cc(C(=O)C[C@H](C)c3ccc(F)cn3)cc(C3=NO[C@H](c4ccccn4)C3)c2)nc1. The highest BCUT2D eigenvalue weighted by molar-refractivity contribution is 6.05. The number of oxime groups is 1. The van der Waals surface area contributed by atoms with Crippen molar-refractivity contribution in [2.75, 3.05) is 0 Å². The van der Waals surface area contributed by atoms with Crippen LogP contribution < -0.4 is 0 Å². The Morgan fingerprint density at radius 1 is 1.03 bits per heavy atom. The van der Waals surface area contributed by atoms with E-state index < -0.39 is 5.82 Å². The fourth-order valence-electron chi connectivity index (χ4n) is 4.19. The monoisotopic (exact) mass is 480 g/mol. The van der Waals surface area contributed by atoms with Crippen molar-refractivity contribution < 1.29 is 14.0 Å². The van der Waals surface area contributed by atoms with Crippen LogP contribution in [0.25, 0.3) is 11.3 Å². The smallest absolute Gasteiger partial charge is 0.174 e. The molecule has 0 fully saturated rings. The zero-order chi connectivity index (χ0) is 25.1. The first kappa shape index (κ1) is 23.5. The fraction of sp³-hybridized carbons (Fsp3) is 0.207. The molecule has 3 aromatic heterocycles. The molecular formula is C29H25FN4O2. The number of nitrogens with zero attached hydrogens (tertiary/aromatic N) is 4. The maximum Gasteiger partial charge on any atom is 0.174 e. The maximum absolute atomic E-state index is 13.4. The van der Waals surface area contributed by atoms with Crippen LogP contribution in [0.4, 0.5) is 4.39 Å². The molecule has 1 aliphatic rings. The van der Waals surface area contributed by atoms with E-state index in [9.17, 15) is 9.18 Å². The van der Waals surface area contributed by atoms with E-state index in [1.807, 2.05) is 62.4 Å². The Morgan fingerprint density at radius 3 is 2.61 bits per heavy atom. The molecule has 0 amide bonds. The van der Waals surface area contributed by atoms with E-state index in [1.54, 1.807) is 18.5 Å². The molecule has 0 unspecified atom stereocenters. The van der Waals surface area contributed by atoms with Gasteiger partial charge in [0, 0.05) is 53.5 Å². The summed E-state index contributed by atoms with van der Waals surface area (Å²) in [6.07, 6.45) is 5.22. The van der Waals surface area contributed by atoms with E-state index >= 15 is 0 Å². The Bertz CT molecular complexity index is 1400. The third-order valence-corrected chi connectivity index (χ3v) is 6.23. The summed E-state index contributed by atoms with van der Waals surface area (Å²) in [5.74, 6) is -0.600. The number of carbonyl (C=O) groups is 1. The van der Waals surface area contributed by atoms with E-state index in [0.29, 0.717) is 17.7 Å². The molecule has 0 saturated carbocycles. The van der Waals surface area contributed by atoms with E-state index in [0.717, 1.165) is 33.8 Å². The van der Waals surface area contributed by atoms with E-state index in [1.165, 1.54) is 12.3 Å². The Balaban J connectivity index is 1.45. The molecule has 2 atom stereocenters. The van der Waals surface area contributed by atoms with Gasteiger partial charge >= 0.3 is 0 Å². The number of hydrogen-bond donors (Lipinski definition) is 0.